The number of likely N-dealkylation sites (tertiary alicyclic amines) is 1. The van der Waals surface area contributed by atoms with Crippen LogP contribution >= 0.6 is 0 Å². The van der Waals surface area contributed by atoms with E-state index < -0.39 is 0 Å². The van der Waals surface area contributed by atoms with Crippen molar-refractivity contribution >= 4 is 16.6 Å². The van der Waals surface area contributed by atoms with E-state index in [9.17, 15) is 0 Å². The fourth-order valence-electron chi connectivity index (χ4n) is 4.76. The van der Waals surface area contributed by atoms with Crippen molar-refractivity contribution in [2.45, 2.75) is 25.4 Å². The third-order valence-electron chi connectivity index (χ3n) is 6.74. The van der Waals surface area contributed by atoms with Gasteiger partial charge < -0.3 is 14.8 Å². The summed E-state index contributed by atoms with van der Waals surface area (Å²) in [6.45, 7) is 2.82. The van der Waals surface area contributed by atoms with Crippen molar-refractivity contribution in [2.75, 3.05) is 32.6 Å². The quantitative estimate of drug-likeness (QED) is 0.387. The molecular weight excluding hydrogens is 450 g/mol. The first-order chi connectivity index (χ1) is 17.7. The molecule has 2 heterocycles. The fraction of sp³-hybridized carbons (Fsp3) is 0.276. The van der Waals surface area contributed by atoms with Crippen LogP contribution in [0.2, 0.25) is 0 Å². The molecular formula is C29H29N5O2. The Bertz CT molecular complexity index is 1390. The molecule has 5 rings (SSSR count). The maximum atomic E-state index is 9.16. The van der Waals surface area contributed by atoms with Gasteiger partial charge in [0, 0.05) is 42.0 Å². The monoisotopic (exact) mass is 479 g/mol. The van der Waals surface area contributed by atoms with Crippen molar-refractivity contribution in [3.63, 3.8) is 0 Å². The number of nitrogens with one attached hydrogen (secondary N) is 1. The van der Waals surface area contributed by atoms with Crippen molar-refractivity contribution < 1.29 is 9.47 Å². The molecule has 0 unspecified atom stereocenters. The molecule has 4 aromatic rings. The van der Waals surface area contributed by atoms with Crippen molar-refractivity contribution in [3.05, 3.63) is 77.9 Å². The Morgan fingerprint density at radius 3 is 2.39 bits per heavy atom. The Balaban J connectivity index is 1.33. The molecule has 1 N–H and O–H groups in total. The number of aromatic nitrogens is 2. The molecule has 0 amide bonds. The van der Waals surface area contributed by atoms with Crippen molar-refractivity contribution in [1.82, 2.24) is 15.1 Å². The zero-order chi connectivity index (χ0) is 24.9. The second-order valence-electron chi connectivity index (χ2n) is 9.04. The highest BCUT2D eigenvalue weighted by Crippen LogP contribution is 2.34. The lowest BCUT2D eigenvalue weighted by Gasteiger charge is -2.32. The summed E-state index contributed by atoms with van der Waals surface area (Å²) in [6.07, 6.45) is 2.01. The highest BCUT2D eigenvalue weighted by atomic mass is 16.5. The van der Waals surface area contributed by atoms with Crippen LogP contribution in [0.1, 0.15) is 24.0 Å². The Hall–Kier alpha value is -4.15. The van der Waals surface area contributed by atoms with Crippen LogP contribution < -0.4 is 14.8 Å². The smallest absolute Gasteiger partial charge is 0.156 e. The minimum Gasteiger partial charge on any atom is -0.497 e. The van der Waals surface area contributed by atoms with Crippen molar-refractivity contribution in [2.24, 2.45) is 0 Å². The molecule has 0 radical (unpaired) electrons. The molecule has 7 nitrogen and oxygen atoms in total. The molecule has 182 valence electrons. The second kappa shape index (κ2) is 10.6. The molecule has 1 aliphatic heterocycles. The minimum atomic E-state index is 0.308. The summed E-state index contributed by atoms with van der Waals surface area (Å²) in [7, 11) is 3.34. The first kappa shape index (κ1) is 23.6. The standard InChI is InChI=1S/C29H29N5O2/c1-35-24-8-6-22(7-9-24)28-26-11-10-25(36-2)17-27(26)29(33-32-28)31-23-12-14-34(15-13-23)19-21-5-3-4-20(16-21)18-30/h3-11,16-17,23H,12-15,19H2,1-2H3,(H,31,33). The predicted molar refractivity (Wildman–Crippen MR) is 141 cm³/mol. The van der Waals surface area contributed by atoms with Gasteiger partial charge in [0.2, 0.25) is 0 Å². The average molecular weight is 480 g/mol. The minimum absolute atomic E-state index is 0.308. The van der Waals surface area contributed by atoms with Gasteiger partial charge >= 0.3 is 0 Å². The van der Waals surface area contributed by atoms with Crippen LogP contribution in [-0.4, -0.2) is 48.4 Å². The second-order valence-corrected chi connectivity index (χ2v) is 9.04. The molecule has 1 fully saturated rings. The molecule has 1 saturated heterocycles. The van der Waals surface area contributed by atoms with Crippen LogP contribution in [-0.2, 0) is 6.54 Å². The summed E-state index contributed by atoms with van der Waals surface area (Å²) in [5.74, 6) is 2.37. The maximum Gasteiger partial charge on any atom is 0.156 e. The summed E-state index contributed by atoms with van der Waals surface area (Å²) in [5, 5.41) is 24.0. The van der Waals surface area contributed by atoms with E-state index in [2.05, 4.69) is 32.5 Å². The van der Waals surface area contributed by atoms with E-state index >= 15 is 0 Å². The lowest BCUT2D eigenvalue weighted by Crippen LogP contribution is -2.38. The van der Waals surface area contributed by atoms with Gasteiger partial charge in [-0.25, -0.2) is 0 Å². The topological polar surface area (TPSA) is 83.3 Å². The number of ether oxygens (including phenoxy) is 2. The lowest BCUT2D eigenvalue weighted by molar-refractivity contribution is 0.211. The van der Waals surface area contributed by atoms with Crippen LogP contribution in [0, 0.1) is 11.3 Å². The van der Waals surface area contributed by atoms with Gasteiger partial charge in [-0.15, -0.1) is 10.2 Å². The molecule has 0 aliphatic carbocycles. The number of anilines is 1. The van der Waals surface area contributed by atoms with Gasteiger partial charge in [-0.1, -0.05) is 12.1 Å². The van der Waals surface area contributed by atoms with Gasteiger partial charge in [-0.3, -0.25) is 4.90 Å². The highest BCUT2D eigenvalue weighted by molar-refractivity contribution is 6.00. The van der Waals surface area contributed by atoms with Crippen molar-refractivity contribution in [3.8, 4) is 28.8 Å². The number of benzene rings is 3. The van der Waals surface area contributed by atoms with Gasteiger partial charge in [-0.2, -0.15) is 5.26 Å². The number of nitriles is 1. The first-order valence-electron chi connectivity index (χ1n) is 12.1. The van der Waals surface area contributed by atoms with Crippen LogP contribution in [0.5, 0.6) is 11.5 Å². The Kier molecular flexibility index (Phi) is 6.96. The first-order valence-corrected chi connectivity index (χ1v) is 12.1. The largest absolute Gasteiger partial charge is 0.497 e. The van der Waals surface area contributed by atoms with Gasteiger partial charge in [-0.05, 0) is 73.0 Å². The Labute approximate surface area is 211 Å². The SMILES string of the molecule is COc1ccc(-c2nnc(NC3CCN(Cc4cccc(C#N)c4)CC3)c3cc(OC)ccc23)cc1. The molecule has 1 aliphatic rings. The van der Waals surface area contributed by atoms with E-state index in [4.69, 9.17) is 14.7 Å². The van der Waals surface area contributed by atoms with Crippen LogP contribution in [0.4, 0.5) is 5.82 Å². The van der Waals surface area contributed by atoms with Crippen LogP contribution in [0.3, 0.4) is 0 Å². The maximum absolute atomic E-state index is 9.16. The summed E-state index contributed by atoms with van der Waals surface area (Å²) in [5.41, 5.74) is 3.70. The summed E-state index contributed by atoms with van der Waals surface area (Å²) >= 11 is 0. The van der Waals surface area contributed by atoms with Crippen LogP contribution in [0.25, 0.3) is 22.0 Å². The third-order valence-corrected chi connectivity index (χ3v) is 6.74. The van der Waals surface area contributed by atoms with E-state index in [0.717, 1.165) is 71.8 Å². The van der Waals surface area contributed by atoms with Crippen LogP contribution in [0.15, 0.2) is 66.7 Å². The van der Waals surface area contributed by atoms with E-state index in [1.54, 1.807) is 14.2 Å². The number of hydrogen-bond acceptors (Lipinski definition) is 7. The number of fused-ring (bicyclic) bond motifs is 1. The number of hydrogen-bond donors (Lipinski definition) is 1. The molecule has 36 heavy (non-hydrogen) atoms. The average Bonchev–Trinajstić information content (AvgIpc) is 2.94. The van der Waals surface area contributed by atoms with Gasteiger partial charge in [0.05, 0.1) is 25.9 Å². The van der Waals surface area contributed by atoms with Crippen molar-refractivity contribution in [1.29, 1.82) is 5.26 Å². The molecule has 1 aromatic heterocycles. The summed E-state index contributed by atoms with van der Waals surface area (Å²) < 4.78 is 10.8. The van der Waals surface area contributed by atoms with E-state index in [0.29, 0.717) is 11.6 Å². The Morgan fingerprint density at radius 1 is 0.917 bits per heavy atom. The zero-order valence-electron chi connectivity index (χ0n) is 20.6. The predicted octanol–water partition coefficient (Wildman–Crippen LogP) is 5.26. The van der Waals surface area contributed by atoms with Gasteiger partial charge in [0.15, 0.2) is 5.82 Å². The third kappa shape index (κ3) is 5.09. The fourth-order valence-corrected chi connectivity index (χ4v) is 4.76. The van der Waals surface area contributed by atoms with Gasteiger partial charge in [0.25, 0.3) is 0 Å². The number of nitrogens with zero attached hydrogens (tertiary/aromatic N) is 4. The Morgan fingerprint density at radius 2 is 1.67 bits per heavy atom. The normalized spacial score (nSPS) is 14.4. The molecule has 0 bridgehead atoms. The lowest BCUT2D eigenvalue weighted by atomic mass is 10.0. The number of piperidine rings is 1. The van der Waals surface area contributed by atoms with E-state index in [-0.39, 0.29) is 0 Å². The molecule has 7 heteroatoms. The molecule has 3 aromatic carbocycles. The van der Waals surface area contributed by atoms with Gasteiger partial charge in [0.1, 0.15) is 17.2 Å². The highest BCUT2D eigenvalue weighted by Gasteiger charge is 2.21. The van der Waals surface area contributed by atoms with E-state index in [1.807, 2.05) is 60.7 Å². The number of methoxy groups -OCH3 is 2. The molecule has 0 saturated carbocycles. The zero-order valence-corrected chi connectivity index (χ0v) is 20.6. The summed E-state index contributed by atoms with van der Waals surface area (Å²) in [4.78, 5) is 2.44. The molecule has 0 spiro atoms. The summed E-state index contributed by atoms with van der Waals surface area (Å²) in [6, 6.07) is 24.3. The molecule has 0 atom stereocenters. The van der Waals surface area contributed by atoms with E-state index in [1.165, 1.54) is 5.56 Å². The number of rotatable bonds is 7.